The zero-order valence-electron chi connectivity index (χ0n) is 20.2. The highest BCUT2D eigenvalue weighted by Crippen LogP contribution is 2.32. The van der Waals surface area contributed by atoms with E-state index >= 15 is 0 Å². The van der Waals surface area contributed by atoms with Gasteiger partial charge < -0.3 is 14.7 Å². The SMILES string of the molecule is Cc1nc(-c2nnn(C)c2NC(=O)O[C@H](C)CC(C)(F)F)ccc1C#CC1(CC(=O)O)CN(C)C1. The molecule has 0 unspecified atom stereocenters. The Bertz CT molecular complexity index is 1170. The Kier molecular flexibility index (Phi) is 7.40. The van der Waals surface area contributed by atoms with Crippen molar-refractivity contribution in [3.63, 3.8) is 0 Å². The maximum Gasteiger partial charge on any atom is 0.413 e. The topological polar surface area (TPSA) is 122 Å². The third kappa shape index (κ3) is 6.73. The maximum atomic E-state index is 13.2. The average Bonchev–Trinajstić information content (AvgIpc) is 3.04. The molecule has 0 saturated carbocycles. The highest BCUT2D eigenvalue weighted by atomic mass is 19.3. The summed E-state index contributed by atoms with van der Waals surface area (Å²) in [6.07, 6.45) is -2.56. The molecule has 1 amide bonds. The van der Waals surface area contributed by atoms with Gasteiger partial charge >= 0.3 is 12.1 Å². The molecular weight excluding hydrogens is 462 g/mol. The van der Waals surface area contributed by atoms with Gasteiger partial charge in [-0.05, 0) is 40.0 Å². The summed E-state index contributed by atoms with van der Waals surface area (Å²) in [4.78, 5) is 30.0. The van der Waals surface area contributed by atoms with E-state index in [1.807, 2.05) is 11.9 Å². The summed E-state index contributed by atoms with van der Waals surface area (Å²) in [6, 6.07) is 3.40. The molecule has 0 radical (unpaired) electrons. The second kappa shape index (κ2) is 9.95. The van der Waals surface area contributed by atoms with Gasteiger partial charge in [-0.25, -0.2) is 23.2 Å². The molecule has 0 spiro atoms. The van der Waals surface area contributed by atoms with Crippen LogP contribution in [-0.2, 0) is 16.6 Å². The summed E-state index contributed by atoms with van der Waals surface area (Å²) >= 11 is 0. The van der Waals surface area contributed by atoms with Gasteiger partial charge in [0.05, 0.1) is 23.2 Å². The Hall–Kier alpha value is -3.59. The lowest BCUT2D eigenvalue weighted by Crippen LogP contribution is -2.54. The van der Waals surface area contributed by atoms with Crippen LogP contribution in [0, 0.1) is 24.2 Å². The number of halogens is 2. The number of alkyl halides is 2. The van der Waals surface area contributed by atoms with Crippen LogP contribution in [0.4, 0.5) is 19.4 Å². The molecule has 0 bridgehead atoms. The Labute approximate surface area is 201 Å². The predicted molar refractivity (Wildman–Crippen MR) is 123 cm³/mol. The van der Waals surface area contributed by atoms with Crippen molar-refractivity contribution in [3.8, 4) is 23.2 Å². The zero-order chi connectivity index (χ0) is 26.0. The Morgan fingerprint density at radius 2 is 2.03 bits per heavy atom. The van der Waals surface area contributed by atoms with Crippen molar-refractivity contribution in [2.75, 3.05) is 25.5 Å². The van der Waals surface area contributed by atoms with E-state index in [-0.39, 0.29) is 17.9 Å². The fraction of sp³-hybridized carbons (Fsp3) is 0.522. The van der Waals surface area contributed by atoms with E-state index in [0.717, 1.165) is 6.92 Å². The summed E-state index contributed by atoms with van der Waals surface area (Å²) in [5.74, 6) is 2.50. The fourth-order valence-electron chi connectivity index (χ4n) is 4.06. The van der Waals surface area contributed by atoms with Crippen molar-refractivity contribution < 1.29 is 28.2 Å². The highest BCUT2D eigenvalue weighted by molar-refractivity contribution is 5.88. The van der Waals surface area contributed by atoms with Gasteiger partial charge in [-0.2, -0.15) is 0 Å². The van der Waals surface area contributed by atoms with Gasteiger partial charge in [-0.1, -0.05) is 17.1 Å². The van der Waals surface area contributed by atoms with Crippen LogP contribution in [-0.4, -0.2) is 74.2 Å². The largest absolute Gasteiger partial charge is 0.481 e. The normalized spacial score (nSPS) is 16.0. The highest BCUT2D eigenvalue weighted by Gasteiger charge is 2.41. The third-order valence-electron chi connectivity index (χ3n) is 5.43. The number of ether oxygens (including phenoxy) is 1. The van der Waals surface area contributed by atoms with Crippen LogP contribution in [0.1, 0.15) is 37.9 Å². The smallest absolute Gasteiger partial charge is 0.413 e. The maximum absolute atomic E-state index is 13.2. The number of aryl methyl sites for hydroxylation is 2. The van der Waals surface area contributed by atoms with Gasteiger partial charge in [0.15, 0.2) is 11.5 Å². The Morgan fingerprint density at radius 1 is 1.34 bits per heavy atom. The summed E-state index contributed by atoms with van der Waals surface area (Å²) in [7, 11) is 3.46. The number of carboxylic acids is 1. The minimum atomic E-state index is -2.97. The number of anilines is 1. The number of carbonyl (C=O) groups excluding carboxylic acids is 1. The molecule has 3 rings (SSSR count). The van der Waals surface area contributed by atoms with Crippen molar-refractivity contribution in [1.29, 1.82) is 0 Å². The van der Waals surface area contributed by atoms with E-state index < -0.39 is 35.9 Å². The standard InChI is InChI=1S/C23H28F2N6O4/c1-14(10-22(3,24)25)35-21(34)27-20-19(28-29-31(20)5)17-7-6-16(15(2)26-17)8-9-23(11-18(32)33)12-30(4)13-23/h6-7,14H,10-13H2,1-5H3,(H,27,34)(H,32,33)/t14-/m1/s1. The molecule has 1 fully saturated rings. The van der Waals surface area contributed by atoms with Gasteiger partial charge in [-0.3, -0.25) is 10.1 Å². The number of carbonyl (C=O) groups is 2. The van der Waals surface area contributed by atoms with Crippen molar-refractivity contribution >= 4 is 17.9 Å². The number of aromatic nitrogens is 4. The van der Waals surface area contributed by atoms with Gasteiger partial charge in [0, 0.05) is 32.1 Å². The number of pyridine rings is 1. The molecule has 1 aliphatic heterocycles. The number of carboxylic acid groups (broad SMARTS) is 1. The van der Waals surface area contributed by atoms with E-state index in [0.29, 0.717) is 30.0 Å². The molecule has 12 heteroatoms. The first-order chi connectivity index (χ1) is 16.3. The van der Waals surface area contributed by atoms with E-state index in [1.165, 1.54) is 11.6 Å². The number of rotatable bonds is 7. The number of nitrogens with one attached hydrogen (secondary N) is 1. The molecule has 2 aromatic rings. The Morgan fingerprint density at radius 3 is 2.60 bits per heavy atom. The monoisotopic (exact) mass is 490 g/mol. The molecule has 1 saturated heterocycles. The van der Waals surface area contributed by atoms with Crippen molar-refractivity contribution in [2.24, 2.45) is 12.5 Å². The second-order valence-electron chi connectivity index (χ2n) is 9.13. The minimum absolute atomic E-state index is 0.0336. The molecule has 1 atom stereocenters. The van der Waals surface area contributed by atoms with Crippen LogP contribution >= 0.6 is 0 Å². The summed E-state index contributed by atoms with van der Waals surface area (Å²) < 4.78 is 32.6. The first kappa shape index (κ1) is 26.0. The van der Waals surface area contributed by atoms with Crippen LogP contribution in [0.25, 0.3) is 11.4 Å². The van der Waals surface area contributed by atoms with Gasteiger partial charge in [-0.15, -0.1) is 5.10 Å². The molecule has 2 N–H and O–H groups in total. The molecule has 188 valence electrons. The van der Waals surface area contributed by atoms with E-state index in [2.05, 4.69) is 32.5 Å². The molecule has 0 aliphatic carbocycles. The summed E-state index contributed by atoms with van der Waals surface area (Å²) in [5.41, 5.74) is 1.32. The molecule has 2 aromatic heterocycles. The lowest BCUT2D eigenvalue weighted by atomic mass is 9.77. The number of nitrogens with zero attached hydrogens (tertiary/aromatic N) is 5. The van der Waals surface area contributed by atoms with Gasteiger partial charge in [0.1, 0.15) is 6.10 Å². The number of hydrogen-bond donors (Lipinski definition) is 2. The van der Waals surface area contributed by atoms with Crippen molar-refractivity contribution in [1.82, 2.24) is 24.9 Å². The molecule has 1 aliphatic rings. The number of aliphatic carboxylic acids is 1. The van der Waals surface area contributed by atoms with Gasteiger partial charge in [0.25, 0.3) is 0 Å². The third-order valence-corrected chi connectivity index (χ3v) is 5.43. The molecule has 3 heterocycles. The van der Waals surface area contributed by atoms with E-state index in [9.17, 15) is 23.5 Å². The molecule has 10 nitrogen and oxygen atoms in total. The number of amides is 1. The quantitative estimate of drug-likeness (QED) is 0.568. The predicted octanol–water partition coefficient (Wildman–Crippen LogP) is 2.93. The summed E-state index contributed by atoms with van der Waals surface area (Å²) in [6.45, 7) is 5.06. The van der Waals surface area contributed by atoms with Crippen LogP contribution in [0.5, 0.6) is 0 Å². The van der Waals surface area contributed by atoms with Crippen molar-refractivity contribution in [3.05, 3.63) is 23.4 Å². The molecule has 0 aromatic carbocycles. The molecular formula is C23H28F2N6O4. The average molecular weight is 491 g/mol. The van der Waals surface area contributed by atoms with E-state index in [1.54, 1.807) is 26.1 Å². The number of hydrogen-bond acceptors (Lipinski definition) is 7. The first-order valence-electron chi connectivity index (χ1n) is 10.9. The van der Waals surface area contributed by atoms with Crippen LogP contribution < -0.4 is 5.32 Å². The second-order valence-corrected chi connectivity index (χ2v) is 9.13. The van der Waals surface area contributed by atoms with E-state index in [4.69, 9.17) is 4.74 Å². The van der Waals surface area contributed by atoms with Crippen molar-refractivity contribution in [2.45, 2.75) is 45.6 Å². The Balaban J connectivity index is 1.77. The lowest BCUT2D eigenvalue weighted by Gasteiger charge is -2.44. The lowest BCUT2D eigenvalue weighted by molar-refractivity contribution is -0.141. The first-order valence-corrected chi connectivity index (χ1v) is 10.9. The van der Waals surface area contributed by atoms with Crippen LogP contribution in [0.3, 0.4) is 0 Å². The molecule has 35 heavy (non-hydrogen) atoms. The number of likely N-dealkylation sites (tertiary alicyclic amines) is 1. The zero-order valence-corrected chi connectivity index (χ0v) is 20.2. The fourth-order valence-corrected chi connectivity index (χ4v) is 4.06. The van der Waals surface area contributed by atoms with Gasteiger partial charge in [0.2, 0.25) is 5.92 Å². The summed E-state index contributed by atoms with van der Waals surface area (Å²) in [5, 5.41) is 19.7. The minimum Gasteiger partial charge on any atom is -0.481 e. The van der Waals surface area contributed by atoms with Crippen LogP contribution in [0.2, 0.25) is 0 Å². The van der Waals surface area contributed by atoms with Crippen LogP contribution in [0.15, 0.2) is 12.1 Å².